The highest BCUT2D eigenvalue weighted by atomic mass is 35.5. The summed E-state index contributed by atoms with van der Waals surface area (Å²) in [6, 6.07) is 7.62. The second kappa shape index (κ2) is 5.23. The van der Waals surface area contributed by atoms with Gasteiger partial charge in [-0.2, -0.15) is 13.2 Å². The molecule has 0 aliphatic carbocycles. The lowest BCUT2D eigenvalue weighted by Gasteiger charge is -2.12. The van der Waals surface area contributed by atoms with Crippen LogP contribution in [0.5, 0.6) is 0 Å². The van der Waals surface area contributed by atoms with Gasteiger partial charge in [-0.1, -0.05) is 11.6 Å². The minimum atomic E-state index is -4.73. The van der Waals surface area contributed by atoms with E-state index in [1.807, 2.05) is 0 Å². The van der Waals surface area contributed by atoms with Crippen LogP contribution in [0.25, 0.3) is 0 Å². The van der Waals surface area contributed by atoms with Crippen LogP contribution in [-0.4, -0.2) is 8.42 Å². The highest BCUT2D eigenvalue weighted by Crippen LogP contribution is 2.36. The zero-order chi connectivity index (χ0) is 15.8. The largest absolute Gasteiger partial charge is 0.418 e. The van der Waals surface area contributed by atoms with Crippen molar-refractivity contribution in [2.75, 3.05) is 5.73 Å². The topological polar surface area (TPSA) is 60.2 Å². The molecule has 0 atom stereocenters. The summed E-state index contributed by atoms with van der Waals surface area (Å²) in [5.41, 5.74) is 3.53. The highest BCUT2D eigenvalue weighted by Gasteiger charge is 2.34. The van der Waals surface area contributed by atoms with Crippen molar-refractivity contribution in [2.45, 2.75) is 16.0 Å². The molecule has 0 saturated heterocycles. The van der Waals surface area contributed by atoms with Gasteiger partial charge < -0.3 is 5.73 Å². The molecule has 21 heavy (non-hydrogen) atoms. The van der Waals surface area contributed by atoms with E-state index in [1.54, 1.807) is 0 Å². The van der Waals surface area contributed by atoms with Crippen LogP contribution < -0.4 is 5.73 Å². The fraction of sp³-hybridized carbons (Fsp3) is 0.0769. The molecular weight excluding hydrogens is 327 g/mol. The monoisotopic (exact) mass is 335 g/mol. The first-order chi connectivity index (χ1) is 9.62. The van der Waals surface area contributed by atoms with Crippen molar-refractivity contribution in [2.24, 2.45) is 0 Å². The number of hydrogen-bond acceptors (Lipinski definition) is 3. The van der Waals surface area contributed by atoms with Gasteiger partial charge >= 0.3 is 6.18 Å². The lowest BCUT2D eigenvalue weighted by atomic mass is 10.2. The van der Waals surface area contributed by atoms with Gasteiger partial charge in [0.1, 0.15) is 0 Å². The van der Waals surface area contributed by atoms with E-state index in [0.29, 0.717) is 11.1 Å². The van der Waals surface area contributed by atoms with Gasteiger partial charge in [-0.05, 0) is 42.5 Å². The number of nitrogen functional groups attached to an aromatic ring is 1. The second-order valence-electron chi connectivity index (χ2n) is 4.20. The fourth-order valence-electron chi connectivity index (χ4n) is 1.70. The van der Waals surface area contributed by atoms with Crippen LogP contribution in [0.15, 0.2) is 52.3 Å². The Labute approximate surface area is 124 Å². The van der Waals surface area contributed by atoms with Crippen LogP contribution >= 0.6 is 11.6 Å². The molecule has 8 heteroatoms. The van der Waals surface area contributed by atoms with E-state index in [2.05, 4.69) is 0 Å². The summed E-state index contributed by atoms with van der Waals surface area (Å²) in [5.74, 6) is 0. The Morgan fingerprint density at radius 2 is 1.48 bits per heavy atom. The molecule has 0 fully saturated rings. The lowest BCUT2D eigenvalue weighted by molar-refractivity contribution is -0.137. The van der Waals surface area contributed by atoms with Crippen molar-refractivity contribution in [3.05, 3.63) is 53.1 Å². The van der Waals surface area contributed by atoms with Crippen LogP contribution in [0.2, 0.25) is 5.02 Å². The maximum absolute atomic E-state index is 12.8. The zero-order valence-electron chi connectivity index (χ0n) is 10.4. The van der Waals surface area contributed by atoms with E-state index in [4.69, 9.17) is 17.3 Å². The summed E-state index contributed by atoms with van der Waals surface area (Å²) in [4.78, 5) is -0.629. The molecule has 0 saturated carbocycles. The van der Waals surface area contributed by atoms with Crippen LogP contribution in [0.1, 0.15) is 5.56 Å². The Kier molecular flexibility index (Phi) is 3.90. The highest BCUT2D eigenvalue weighted by molar-refractivity contribution is 7.91. The first kappa shape index (κ1) is 15.7. The quantitative estimate of drug-likeness (QED) is 0.850. The van der Waals surface area contributed by atoms with Gasteiger partial charge in [0, 0.05) is 10.7 Å². The predicted molar refractivity (Wildman–Crippen MR) is 72.8 cm³/mol. The normalized spacial score (nSPS) is 12.4. The summed E-state index contributed by atoms with van der Waals surface area (Å²) in [6.45, 7) is 0. The Morgan fingerprint density at radius 1 is 0.952 bits per heavy atom. The molecular formula is C13H9ClF3NO2S. The van der Waals surface area contributed by atoms with Crippen molar-refractivity contribution in [1.82, 2.24) is 0 Å². The molecule has 2 aromatic rings. The molecule has 2 N–H and O–H groups in total. The number of hydrogen-bond donors (Lipinski definition) is 1. The van der Waals surface area contributed by atoms with Crippen LogP contribution in [0, 0.1) is 0 Å². The number of anilines is 1. The van der Waals surface area contributed by atoms with Crippen molar-refractivity contribution >= 4 is 27.1 Å². The number of alkyl halides is 3. The molecule has 0 spiro atoms. The van der Waals surface area contributed by atoms with Crippen molar-refractivity contribution < 1.29 is 21.6 Å². The number of nitrogens with two attached hydrogens (primary N) is 1. The van der Waals surface area contributed by atoms with Gasteiger partial charge in [-0.15, -0.1) is 0 Å². The Morgan fingerprint density at radius 3 is 2.00 bits per heavy atom. The smallest absolute Gasteiger partial charge is 0.398 e. The summed E-state index contributed by atoms with van der Waals surface area (Å²) in [6.07, 6.45) is -4.73. The molecule has 0 aliphatic rings. The van der Waals surface area contributed by atoms with E-state index >= 15 is 0 Å². The van der Waals surface area contributed by atoms with Gasteiger partial charge in [-0.25, -0.2) is 8.42 Å². The van der Waals surface area contributed by atoms with Crippen molar-refractivity contribution in [3.63, 3.8) is 0 Å². The molecule has 3 nitrogen and oxygen atoms in total. The molecule has 0 radical (unpaired) electrons. The molecule has 0 aliphatic heterocycles. The molecule has 0 aromatic heterocycles. The van der Waals surface area contributed by atoms with Gasteiger partial charge in [-0.3, -0.25) is 0 Å². The second-order valence-corrected chi connectivity index (χ2v) is 6.59. The average Bonchev–Trinajstić information content (AvgIpc) is 2.38. The van der Waals surface area contributed by atoms with Gasteiger partial charge in [0.05, 0.1) is 15.4 Å². The Bertz CT molecular complexity index is 771. The summed E-state index contributed by atoms with van der Waals surface area (Å²) >= 11 is 5.65. The third kappa shape index (κ3) is 3.14. The van der Waals surface area contributed by atoms with E-state index in [1.165, 1.54) is 24.3 Å². The maximum Gasteiger partial charge on any atom is 0.418 e. The van der Waals surface area contributed by atoms with Crippen molar-refractivity contribution in [1.29, 1.82) is 0 Å². The van der Waals surface area contributed by atoms with Crippen LogP contribution in [0.3, 0.4) is 0 Å². The van der Waals surface area contributed by atoms with Gasteiger partial charge in [0.2, 0.25) is 9.84 Å². The van der Waals surface area contributed by atoms with E-state index in [-0.39, 0.29) is 4.90 Å². The molecule has 0 amide bonds. The minimum Gasteiger partial charge on any atom is -0.398 e. The van der Waals surface area contributed by atoms with Crippen LogP contribution in [-0.2, 0) is 16.0 Å². The molecule has 0 bridgehead atoms. The number of halogens is 4. The maximum atomic E-state index is 12.8. The van der Waals surface area contributed by atoms with E-state index < -0.39 is 32.2 Å². The molecule has 2 aromatic carbocycles. The third-order valence-electron chi connectivity index (χ3n) is 2.76. The summed E-state index contributed by atoms with van der Waals surface area (Å²) < 4.78 is 62.9. The number of sulfone groups is 1. The minimum absolute atomic E-state index is 0.148. The Hall–Kier alpha value is -1.73. The molecule has 0 heterocycles. The SMILES string of the molecule is Nc1ccc(S(=O)(=O)c2ccc(Cl)cc2)cc1C(F)(F)F. The number of benzene rings is 2. The summed E-state index contributed by atoms with van der Waals surface area (Å²) in [7, 11) is -4.07. The zero-order valence-corrected chi connectivity index (χ0v) is 11.9. The first-order valence-corrected chi connectivity index (χ1v) is 7.46. The van der Waals surface area contributed by atoms with Gasteiger partial charge in [0.25, 0.3) is 0 Å². The predicted octanol–water partition coefficient (Wildman–Crippen LogP) is 3.77. The molecule has 0 unspecified atom stereocenters. The standard InChI is InChI=1S/C13H9ClF3NO2S/c14-8-1-3-9(4-2-8)21(19,20)10-5-6-12(18)11(7-10)13(15,16)17/h1-7H,18H2. The van der Waals surface area contributed by atoms with Crippen molar-refractivity contribution in [3.8, 4) is 0 Å². The Balaban J connectivity index is 2.58. The average molecular weight is 336 g/mol. The number of rotatable bonds is 2. The summed E-state index contributed by atoms with van der Waals surface area (Å²) in [5, 5.41) is 0.322. The van der Waals surface area contributed by atoms with Crippen LogP contribution in [0.4, 0.5) is 18.9 Å². The fourth-order valence-corrected chi connectivity index (χ4v) is 3.11. The lowest BCUT2D eigenvalue weighted by Crippen LogP contribution is -2.11. The third-order valence-corrected chi connectivity index (χ3v) is 4.78. The first-order valence-electron chi connectivity index (χ1n) is 5.60. The molecule has 2 rings (SSSR count). The van der Waals surface area contributed by atoms with E-state index in [9.17, 15) is 21.6 Å². The van der Waals surface area contributed by atoms with Gasteiger partial charge in [0.15, 0.2) is 0 Å². The molecule has 112 valence electrons. The van der Waals surface area contributed by atoms with E-state index in [0.717, 1.165) is 12.1 Å².